The van der Waals surface area contributed by atoms with Crippen LogP contribution in [0.3, 0.4) is 0 Å². The molecular weight excluding hydrogens is 382 g/mol. The van der Waals surface area contributed by atoms with Gasteiger partial charge in [0, 0.05) is 32.4 Å². The Labute approximate surface area is 176 Å². The fourth-order valence-electron chi connectivity index (χ4n) is 2.63. The van der Waals surface area contributed by atoms with E-state index in [1.807, 2.05) is 43.4 Å². The summed E-state index contributed by atoms with van der Waals surface area (Å²) in [6.45, 7) is 3.79. The maximum absolute atomic E-state index is 5.98. The average Bonchev–Trinajstić information content (AvgIpc) is 3.19. The fourth-order valence-corrected chi connectivity index (χ4v) is 2.63. The van der Waals surface area contributed by atoms with Crippen LogP contribution < -0.4 is 20.1 Å². The van der Waals surface area contributed by atoms with Crippen LogP contribution in [0.5, 0.6) is 17.4 Å². The SMILES string of the molecule is CCCOc1ccc(Oc2ncccc2CNC(=NC)NCc2ncnn2C)cc1. The van der Waals surface area contributed by atoms with Gasteiger partial charge in [0.15, 0.2) is 5.96 Å². The summed E-state index contributed by atoms with van der Waals surface area (Å²) in [5.74, 6) is 3.52. The number of rotatable bonds is 9. The predicted octanol–water partition coefficient (Wildman–Crippen LogP) is 2.66. The Balaban J connectivity index is 1.58. The van der Waals surface area contributed by atoms with Crippen LogP contribution in [0.15, 0.2) is 53.9 Å². The Morgan fingerprint density at radius 3 is 2.53 bits per heavy atom. The van der Waals surface area contributed by atoms with Crippen molar-refractivity contribution in [2.24, 2.45) is 12.0 Å². The Morgan fingerprint density at radius 1 is 1.07 bits per heavy atom. The summed E-state index contributed by atoms with van der Waals surface area (Å²) >= 11 is 0. The van der Waals surface area contributed by atoms with Gasteiger partial charge in [0.25, 0.3) is 0 Å². The highest BCUT2D eigenvalue weighted by atomic mass is 16.5. The molecule has 2 aromatic heterocycles. The van der Waals surface area contributed by atoms with Crippen LogP contribution in [0.2, 0.25) is 0 Å². The third-order valence-corrected chi connectivity index (χ3v) is 4.25. The molecule has 0 radical (unpaired) electrons. The Hall–Kier alpha value is -3.62. The van der Waals surface area contributed by atoms with Crippen molar-refractivity contribution in [3.63, 3.8) is 0 Å². The summed E-state index contributed by atoms with van der Waals surface area (Å²) in [7, 11) is 3.57. The van der Waals surface area contributed by atoms with Crippen molar-refractivity contribution >= 4 is 5.96 Å². The van der Waals surface area contributed by atoms with Crippen LogP contribution >= 0.6 is 0 Å². The van der Waals surface area contributed by atoms with E-state index in [2.05, 4.69) is 37.6 Å². The molecule has 0 aliphatic carbocycles. The monoisotopic (exact) mass is 409 g/mol. The zero-order chi connectivity index (χ0) is 21.2. The zero-order valence-electron chi connectivity index (χ0n) is 17.5. The number of ether oxygens (including phenoxy) is 2. The van der Waals surface area contributed by atoms with E-state index >= 15 is 0 Å². The Morgan fingerprint density at radius 2 is 1.83 bits per heavy atom. The standard InChI is InChI=1S/C21H27N7O2/c1-4-12-29-17-7-9-18(10-8-17)30-20-16(6-5-11-23-20)13-24-21(22-2)25-14-19-26-15-27-28(19)3/h5-11,15H,4,12-14H2,1-3H3,(H2,22,24,25). The number of hydrogen-bond acceptors (Lipinski definition) is 6. The molecule has 0 saturated heterocycles. The van der Waals surface area contributed by atoms with Crippen LogP contribution in [0, 0.1) is 0 Å². The molecule has 3 aromatic rings. The lowest BCUT2D eigenvalue weighted by Gasteiger charge is -2.14. The summed E-state index contributed by atoms with van der Waals surface area (Å²) < 4.78 is 13.3. The van der Waals surface area contributed by atoms with Crippen LogP contribution in [0.25, 0.3) is 0 Å². The quantitative estimate of drug-likeness (QED) is 0.414. The molecule has 9 heteroatoms. The van der Waals surface area contributed by atoms with Crippen LogP contribution in [-0.2, 0) is 20.1 Å². The van der Waals surface area contributed by atoms with Crippen LogP contribution in [0.4, 0.5) is 0 Å². The summed E-state index contributed by atoms with van der Waals surface area (Å²) in [6.07, 6.45) is 4.20. The molecule has 0 unspecified atom stereocenters. The second kappa shape index (κ2) is 10.8. The van der Waals surface area contributed by atoms with Gasteiger partial charge < -0.3 is 20.1 Å². The first-order valence-electron chi connectivity index (χ1n) is 9.81. The molecule has 0 spiro atoms. The molecule has 1 aromatic carbocycles. The maximum Gasteiger partial charge on any atom is 0.224 e. The molecule has 0 amide bonds. The molecule has 2 heterocycles. The lowest BCUT2D eigenvalue weighted by atomic mass is 10.2. The van der Waals surface area contributed by atoms with Gasteiger partial charge in [-0.25, -0.2) is 9.97 Å². The van der Waals surface area contributed by atoms with Gasteiger partial charge in [0.1, 0.15) is 23.7 Å². The largest absolute Gasteiger partial charge is 0.494 e. The van der Waals surface area contributed by atoms with Crippen molar-refractivity contribution in [1.29, 1.82) is 0 Å². The van der Waals surface area contributed by atoms with Gasteiger partial charge >= 0.3 is 0 Å². The molecule has 0 atom stereocenters. The molecule has 0 fully saturated rings. The first-order valence-corrected chi connectivity index (χ1v) is 9.81. The van der Waals surface area contributed by atoms with Gasteiger partial charge in [0.2, 0.25) is 5.88 Å². The molecular formula is C21H27N7O2. The first kappa shape index (κ1) is 21.1. The molecule has 3 rings (SSSR count). The molecule has 0 saturated carbocycles. The number of guanidine groups is 1. The van der Waals surface area contributed by atoms with E-state index in [-0.39, 0.29) is 0 Å². The molecule has 0 bridgehead atoms. The minimum atomic E-state index is 0.499. The van der Waals surface area contributed by atoms with Crippen molar-refractivity contribution in [2.75, 3.05) is 13.7 Å². The van der Waals surface area contributed by atoms with Gasteiger partial charge in [-0.3, -0.25) is 9.67 Å². The van der Waals surface area contributed by atoms with E-state index < -0.39 is 0 Å². The number of nitrogens with one attached hydrogen (secondary N) is 2. The van der Waals surface area contributed by atoms with Crippen molar-refractivity contribution < 1.29 is 9.47 Å². The van der Waals surface area contributed by atoms with Crippen molar-refractivity contribution in [1.82, 2.24) is 30.4 Å². The van der Waals surface area contributed by atoms with E-state index in [1.54, 1.807) is 17.9 Å². The molecule has 30 heavy (non-hydrogen) atoms. The number of aromatic nitrogens is 4. The summed E-state index contributed by atoms with van der Waals surface area (Å²) in [4.78, 5) is 12.8. The molecule has 0 aliphatic rings. The topological polar surface area (TPSA) is 98.5 Å². The maximum atomic E-state index is 5.98. The van der Waals surface area contributed by atoms with E-state index in [4.69, 9.17) is 9.47 Å². The summed E-state index contributed by atoms with van der Waals surface area (Å²) in [5, 5.41) is 10.5. The van der Waals surface area contributed by atoms with E-state index in [9.17, 15) is 0 Å². The van der Waals surface area contributed by atoms with E-state index in [1.165, 1.54) is 6.33 Å². The second-order valence-corrected chi connectivity index (χ2v) is 6.47. The number of pyridine rings is 1. The van der Waals surface area contributed by atoms with Gasteiger partial charge in [0.05, 0.1) is 13.2 Å². The summed E-state index contributed by atoms with van der Waals surface area (Å²) in [6, 6.07) is 11.4. The predicted molar refractivity (Wildman–Crippen MR) is 115 cm³/mol. The highest BCUT2D eigenvalue weighted by Crippen LogP contribution is 2.25. The number of aryl methyl sites for hydroxylation is 1. The lowest BCUT2D eigenvalue weighted by molar-refractivity contribution is 0.317. The Kier molecular flexibility index (Phi) is 7.59. The first-order chi connectivity index (χ1) is 14.7. The van der Waals surface area contributed by atoms with Crippen molar-refractivity contribution in [2.45, 2.75) is 26.4 Å². The second-order valence-electron chi connectivity index (χ2n) is 6.47. The van der Waals surface area contributed by atoms with Gasteiger partial charge in [-0.15, -0.1) is 0 Å². The van der Waals surface area contributed by atoms with Crippen LogP contribution in [-0.4, -0.2) is 39.4 Å². The average molecular weight is 409 g/mol. The normalized spacial score (nSPS) is 11.2. The fraction of sp³-hybridized carbons (Fsp3) is 0.333. The highest BCUT2D eigenvalue weighted by Gasteiger charge is 2.08. The third-order valence-electron chi connectivity index (χ3n) is 4.25. The molecule has 0 aliphatic heterocycles. The minimum Gasteiger partial charge on any atom is -0.494 e. The molecule has 9 nitrogen and oxygen atoms in total. The number of nitrogens with zero attached hydrogens (tertiary/aromatic N) is 5. The molecule has 158 valence electrons. The van der Waals surface area contributed by atoms with Crippen molar-refractivity contribution in [3.8, 4) is 17.4 Å². The lowest BCUT2D eigenvalue weighted by Crippen LogP contribution is -2.37. The highest BCUT2D eigenvalue weighted by molar-refractivity contribution is 5.79. The summed E-state index contributed by atoms with van der Waals surface area (Å²) in [5.41, 5.74) is 0.908. The van der Waals surface area contributed by atoms with Gasteiger partial charge in [-0.05, 0) is 36.8 Å². The van der Waals surface area contributed by atoms with Gasteiger partial charge in [-0.2, -0.15) is 5.10 Å². The van der Waals surface area contributed by atoms with E-state index in [0.29, 0.717) is 37.3 Å². The zero-order valence-corrected chi connectivity index (χ0v) is 17.5. The number of benzene rings is 1. The van der Waals surface area contributed by atoms with Crippen LogP contribution in [0.1, 0.15) is 24.7 Å². The molecule has 2 N–H and O–H groups in total. The minimum absolute atomic E-state index is 0.499. The number of hydrogen-bond donors (Lipinski definition) is 2. The van der Waals surface area contributed by atoms with E-state index in [0.717, 1.165) is 23.6 Å². The number of aliphatic imine (C=N–C) groups is 1. The third kappa shape index (κ3) is 5.94. The van der Waals surface area contributed by atoms with Gasteiger partial charge in [-0.1, -0.05) is 13.0 Å². The smallest absolute Gasteiger partial charge is 0.224 e. The Bertz CT molecular complexity index is 954. The van der Waals surface area contributed by atoms with Crippen molar-refractivity contribution in [3.05, 3.63) is 60.3 Å².